The van der Waals surface area contributed by atoms with Gasteiger partial charge in [0.05, 0.1) is 6.61 Å². The van der Waals surface area contributed by atoms with E-state index in [1.807, 2.05) is 11.8 Å². The van der Waals surface area contributed by atoms with Gasteiger partial charge in [0.2, 0.25) is 17.8 Å². The van der Waals surface area contributed by atoms with Gasteiger partial charge in [-0.15, -0.1) is 0 Å². The Kier molecular flexibility index (Phi) is 4.54. The van der Waals surface area contributed by atoms with Crippen molar-refractivity contribution in [2.45, 2.75) is 25.8 Å². The highest BCUT2D eigenvalue weighted by Crippen LogP contribution is 2.24. The number of aromatic nitrogens is 3. The Labute approximate surface area is 118 Å². The smallest absolute Gasteiger partial charge is 0.323 e. The molecule has 1 aliphatic heterocycles. The summed E-state index contributed by atoms with van der Waals surface area (Å²) in [7, 11) is 3.37. The fraction of sp³-hybridized carbons (Fsp3) is 0.667. The molecule has 2 heterocycles. The second kappa shape index (κ2) is 6.36. The Balaban J connectivity index is 2.30. The molecule has 1 fully saturated rings. The Morgan fingerprint density at radius 3 is 2.85 bits per heavy atom. The number of ether oxygens (including phenoxy) is 1. The molecule has 0 radical (unpaired) electrons. The summed E-state index contributed by atoms with van der Waals surface area (Å²) in [5.74, 6) is 0.881. The third-order valence-electron chi connectivity index (χ3n) is 3.16. The molecule has 20 heavy (non-hydrogen) atoms. The van der Waals surface area contributed by atoms with Gasteiger partial charge in [-0.2, -0.15) is 15.0 Å². The number of hydrogen-bond acceptors (Lipinski definition) is 7. The molecule has 1 aliphatic rings. The number of carbonyl (C=O) groups excluding carboxylic acids is 1. The standard InChI is InChI=1S/C12H20N6O2/c1-4-20-12-16-10(14-3)15-11(17-12)18-7-5-6-8(18)9(19)13-2/h8H,4-7H2,1-3H3,(H,13,19)(H,14,15,16,17). The summed E-state index contributed by atoms with van der Waals surface area (Å²) >= 11 is 0. The Bertz CT molecular complexity index is 481. The van der Waals surface area contributed by atoms with Crippen LogP contribution in [0.3, 0.4) is 0 Å². The summed E-state index contributed by atoms with van der Waals surface area (Å²) in [5, 5.41) is 5.55. The van der Waals surface area contributed by atoms with Crippen LogP contribution in [-0.4, -0.2) is 54.1 Å². The number of hydrogen-bond donors (Lipinski definition) is 2. The molecule has 8 nitrogen and oxygen atoms in total. The topological polar surface area (TPSA) is 92.3 Å². The average Bonchev–Trinajstić information content (AvgIpc) is 2.95. The summed E-state index contributed by atoms with van der Waals surface area (Å²) in [4.78, 5) is 26.5. The first kappa shape index (κ1) is 14.3. The first-order valence-electron chi connectivity index (χ1n) is 6.74. The van der Waals surface area contributed by atoms with Gasteiger partial charge in [0, 0.05) is 20.6 Å². The molecule has 2 rings (SSSR count). The molecule has 1 saturated heterocycles. The maximum atomic E-state index is 11.9. The molecule has 0 bridgehead atoms. The molecule has 1 amide bonds. The molecule has 1 aromatic heterocycles. The zero-order valence-electron chi connectivity index (χ0n) is 12.0. The highest BCUT2D eigenvalue weighted by molar-refractivity contribution is 5.85. The van der Waals surface area contributed by atoms with Crippen LogP contribution in [0.2, 0.25) is 0 Å². The normalized spacial score (nSPS) is 17.9. The highest BCUT2D eigenvalue weighted by atomic mass is 16.5. The maximum Gasteiger partial charge on any atom is 0.323 e. The van der Waals surface area contributed by atoms with E-state index in [2.05, 4.69) is 25.6 Å². The van der Waals surface area contributed by atoms with Crippen molar-refractivity contribution < 1.29 is 9.53 Å². The lowest BCUT2D eigenvalue weighted by Gasteiger charge is -2.23. The van der Waals surface area contributed by atoms with Crippen molar-refractivity contribution in [1.29, 1.82) is 0 Å². The number of anilines is 2. The summed E-state index contributed by atoms with van der Waals surface area (Å²) in [6.45, 7) is 3.09. The van der Waals surface area contributed by atoms with Gasteiger partial charge < -0.3 is 20.3 Å². The van der Waals surface area contributed by atoms with Crippen LogP contribution in [0.5, 0.6) is 6.01 Å². The van der Waals surface area contributed by atoms with Crippen molar-refractivity contribution in [1.82, 2.24) is 20.3 Å². The van der Waals surface area contributed by atoms with Crippen molar-refractivity contribution in [3.05, 3.63) is 0 Å². The first-order valence-corrected chi connectivity index (χ1v) is 6.74. The number of nitrogens with zero attached hydrogens (tertiary/aromatic N) is 4. The van der Waals surface area contributed by atoms with Gasteiger partial charge in [0.1, 0.15) is 6.04 Å². The number of nitrogens with one attached hydrogen (secondary N) is 2. The van der Waals surface area contributed by atoms with E-state index in [4.69, 9.17) is 4.74 Å². The molecule has 1 atom stereocenters. The molecular formula is C12H20N6O2. The van der Waals surface area contributed by atoms with Crippen LogP contribution in [-0.2, 0) is 4.79 Å². The van der Waals surface area contributed by atoms with E-state index in [0.29, 0.717) is 18.5 Å². The van der Waals surface area contributed by atoms with Gasteiger partial charge >= 0.3 is 6.01 Å². The van der Waals surface area contributed by atoms with E-state index in [1.165, 1.54) is 0 Å². The minimum atomic E-state index is -0.235. The van der Waals surface area contributed by atoms with E-state index < -0.39 is 0 Å². The quantitative estimate of drug-likeness (QED) is 0.786. The molecule has 0 spiro atoms. The summed E-state index contributed by atoms with van der Waals surface area (Å²) in [6, 6.07) is 0.0333. The molecule has 1 unspecified atom stereocenters. The molecule has 110 valence electrons. The van der Waals surface area contributed by atoms with Crippen LogP contribution in [0.4, 0.5) is 11.9 Å². The Morgan fingerprint density at radius 1 is 1.40 bits per heavy atom. The molecule has 0 aromatic carbocycles. The zero-order chi connectivity index (χ0) is 14.5. The molecule has 1 aromatic rings. The van der Waals surface area contributed by atoms with E-state index in [0.717, 1.165) is 19.4 Å². The second-order valence-corrected chi connectivity index (χ2v) is 4.39. The van der Waals surface area contributed by atoms with Crippen LogP contribution in [0, 0.1) is 0 Å². The van der Waals surface area contributed by atoms with Crippen LogP contribution >= 0.6 is 0 Å². The fourth-order valence-corrected chi connectivity index (χ4v) is 2.23. The van der Waals surface area contributed by atoms with Gasteiger partial charge in [-0.3, -0.25) is 4.79 Å². The summed E-state index contributed by atoms with van der Waals surface area (Å²) in [5.41, 5.74) is 0. The SMILES string of the molecule is CCOc1nc(NC)nc(N2CCCC2C(=O)NC)n1. The van der Waals surface area contributed by atoms with Crippen LogP contribution < -0.4 is 20.3 Å². The number of amides is 1. The van der Waals surface area contributed by atoms with Crippen LogP contribution in [0.25, 0.3) is 0 Å². The van der Waals surface area contributed by atoms with E-state index >= 15 is 0 Å². The van der Waals surface area contributed by atoms with E-state index in [9.17, 15) is 4.79 Å². The summed E-state index contributed by atoms with van der Waals surface area (Å²) in [6.07, 6.45) is 1.73. The minimum absolute atomic E-state index is 0.0214. The van der Waals surface area contributed by atoms with Crippen LogP contribution in [0.15, 0.2) is 0 Å². The monoisotopic (exact) mass is 280 g/mol. The lowest BCUT2D eigenvalue weighted by atomic mass is 10.2. The molecule has 0 saturated carbocycles. The summed E-state index contributed by atoms with van der Waals surface area (Å²) < 4.78 is 5.34. The molecule has 8 heteroatoms. The first-order chi connectivity index (χ1) is 9.69. The Morgan fingerprint density at radius 2 is 2.20 bits per heavy atom. The molecular weight excluding hydrogens is 260 g/mol. The predicted octanol–water partition coefficient (Wildman–Crippen LogP) is 0.0268. The Hall–Kier alpha value is -2.12. The average molecular weight is 280 g/mol. The van der Waals surface area contributed by atoms with Crippen molar-refractivity contribution >= 4 is 17.8 Å². The van der Waals surface area contributed by atoms with Crippen molar-refractivity contribution in [3.8, 4) is 6.01 Å². The number of carbonyl (C=O) groups is 1. The van der Waals surface area contributed by atoms with Gasteiger partial charge in [-0.1, -0.05) is 0 Å². The van der Waals surface area contributed by atoms with Gasteiger partial charge in [-0.25, -0.2) is 0 Å². The van der Waals surface area contributed by atoms with Crippen LogP contribution in [0.1, 0.15) is 19.8 Å². The number of likely N-dealkylation sites (N-methyl/N-ethyl adjacent to an activating group) is 1. The molecule has 0 aliphatic carbocycles. The lowest BCUT2D eigenvalue weighted by molar-refractivity contribution is -0.121. The fourth-order valence-electron chi connectivity index (χ4n) is 2.23. The van der Waals surface area contributed by atoms with Crippen molar-refractivity contribution in [2.75, 3.05) is 37.5 Å². The third kappa shape index (κ3) is 2.89. The lowest BCUT2D eigenvalue weighted by Crippen LogP contribution is -2.42. The predicted molar refractivity (Wildman–Crippen MR) is 75.0 cm³/mol. The maximum absolute atomic E-state index is 11.9. The third-order valence-corrected chi connectivity index (χ3v) is 3.16. The van der Waals surface area contributed by atoms with Gasteiger partial charge in [-0.05, 0) is 19.8 Å². The zero-order valence-corrected chi connectivity index (χ0v) is 12.0. The van der Waals surface area contributed by atoms with E-state index in [-0.39, 0.29) is 18.0 Å². The molecule has 2 N–H and O–H groups in total. The van der Waals surface area contributed by atoms with Crippen molar-refractivity contribution in [2.24, 2.45) is 0 Å². The second-order valence-electron chi connectivity index (χ2n) is 4.39. The largest absolute Gasteiger partial charge is 0.464 e. The number of rotatable bonds is 5. The minimum Gasteiger partial charge on any atom is -0.464 e. The van der Waals surface area contributed by atoms with Crippen molar-refractivity contribution in [3.63, 3.8) is 0 Å². The van der Waals surface area contributed by atoms with Gasteiger partial charge in [0.25, 0.3) is 0 Å². The van der Waals surface area contributed by atoms with Gasteiger partial charge in [0.15, 0.2) is 0 Å². The van der Waals surface area contributed by atoms with E-state index in [1.54, 1.807) is 14.1 Å². The highest BCUT2D eigenvalue weighted by Gasteiger charge is 2.32.